The zero-order chi connectivity index (χ0) is 15.6. The molecule has 22 heavy (non-hydrogen) atoms. The van der Waals surface area contributed by atoms with Crippen LogP contribution >= 0.6 is 15.9 Å². The summed E-state index contributed by atoms with van der Waals surface area (Å²) in [6.45, 7) is 0.0599. The van der Waals surface area contributed by atoms with Crippen LogP contribution in [0, 0.1) is 0 Å². The van der Waals surface area contributed by atoms with Gasteiger partial charge in [-0.15, -0.1) is 0 Å². The lowest BCUT2D eigenvalue weighted by atomic mass is 10.3. The third-order valence-electron chi connectivity index (χ3n) is 2.99. The Kier molecular flexibility index (Phi) is 4.19. The maximum atomic E-state index is 12.3. The minimum atomic E-state index is -3.61. The second-order valence-corrected chi connectivity index (χ2v) is 7.09. The topological polar surface area (TPSA) is 72.5 Å². The van der Waals surface area contributed by atoms with Crippen molar-refractivity contribution in [3.8, 4) is 11.5 Å². The van der Waals surface area contributed by atoms with Crippen LogP contribution in [0.4, 0.5) is 0 Å². The second-order valence-electron chi connectivity index (χ2n) is 4.50. The molecule has 1 N–H and O–H groups in total. The molecule has 7 heteroatoms. The molecular weight excluding hydrogens is 370 g/mol. The van der Waals surface area contributed by atoms with Gasteiger partial charge in [0.25, 0.3) is 0 Å². The summed E-state index contributed by atoms with van der Waals surface area (Å²) >= 11 is 3.23. The van der Waals surface area contributed by atoms with E-state index in [9.17, 15) is 8.42 Å². The number of nitrogens with one attached hydrogen (secondary N) is 1. The summed E-state index contributed by atoms with van der Waals surface area (Å²) in [7, 11) is -3.61. The third-order valence-corrected chi connectivity index (χ3v) is 5.40. The van der Waals surface area contributed by atoms with Crippen molar-refractivity contribution in [1.29, 1.82) is 0 Å². The highest BCUT2D eigenvalue weighted by molar-refractivity contribution is 9.10. The van der Waals surface area contributed by atoms with Crippen LogP contribution in [0.1, 0.15) is 5.76 Å². The van der Waals surface area contributed by atoms with Crippen molar-refractivity contribution in [2.24, 2.45) is 0 Å². The van der Waals surface area contributed by atoms with Gasteiger partial charge in [0.05, 0.1) is 17.7 Å². The molecule has 3 aromatic rings. The van der Waals surface area contributed by atoms with E-state index in [2.05, 4.69) is 20.7 Å². The molecule has 0 spiro atoms. The van der Waals surface area contributed by atoms with Gasteiger partial charge in [0.15, 0.2) is 11.5 Å². The fourth-order valence-corrected chi connectivity index (χ4v) is 3.93. The first-order chi connectivity index (χ1) is 10.6. The van der Waals surface area contributed by atoms with Gasteiger partial charge in [0, 0.05) is 4.47 Å². The van der Waals surface area contributed by atoms with E-state index in [1.807, 2.05) is 0 Å². The summed E-state index contributed by atoms with van der Waals surface area (Å²) < 4.78 is 38.3. The predicted octanol–water partition coefficient (Wildman–Crippen LogP) is 3.78. The molecule has 0 fully saturated rings. The molecule has 0 radical (unpaired) electrons. The van der Waals surface area contributed by atoms with Gasteiger partial charge in [-0.25, -0.2) is 13.1 Å². The SMILES string of the molecule is O=S(=O)(NCc1ccc(-c2ccco2)o1)c1ccccc1Br. The first kappa shape index (κ1) is 15.1. The summed E-state index contributed by atoms with van der Waals surface area (Å²) in [5.41, 5.74) is 0. The van der Waals surface area contributed by atoms with Crippen LogP contribution in [0.5, 0.6) is 0 Å². The number of sulfonamides is 1. The first-order valence-electron chi connectivity index (χ1n) is 6.43. The maximum absolute atomic E-state index is 12.3. The van der Waals surface area contributed by atoms with Crippen LogP contribution in [0.25, 0.3) is 11.5 Å². The van der Waals surface area contributed by atoms with Gasteiger partial charge < -0.3 is 8.83 Å². The Hall–Kier alpha value is -1.83. The third kappa shape index (κ3) is 3.16. The molecule has 5 nitrogen and oxygen atoms in total. The molecule has 0 amide bonds. The van der Waals surface area contributed by atoms with Gasteiger partial charge in [0.1, 0.15) is 5.76 Å². The summed E-state index contributed by atoms with van der Waals surface area (Å²) in [5, 5.41) is 0. The molecular formula is C15H12BrNO4S. The van der Waals surface area contributed by atoms with Gasteiger partial charge >= 0.3 is 0 Å². The fourth-order valence-electron chi connectivity index (χ4n) is 1.93. The summed E-state index contributed by atoms with van der Waals surface area (Å²) in [6, 6.07) is 13.6. The van der Waals surface area contributed by atoms with Crippen LogP contribution < -0.4 is 4.72 Å². The Labute approximate surface area is 136 Å². The lowest BCUT2D eigenvalue weighted by Crippen LogP contribution is -2.23. The van der Waals surface area contributed by atoms with Crippen molar-refractivity contribution >= 4 is 26.0 Å². The van der Waals surface area contributed by atoms with E-state index in [1.165, 1.54) is 6.07 Å². The summed E-state index contributed by atoms with van der Waals surface area (Å²) in [5.74, 6) is 1.65. The van der Waals surface area contributed by atoms with Crippen LogP contribution in [0.15, 0.2) is 73.0 Å². The molecule has 2 heterocycles. The maximum Gasteiger partial charge on any atom is 0.242 e. The van der Waals surface area contributed by atoms with Gasteiger partial charge in [-0.3, -0.25) is 0 Å². The van der Waals surface area contributed by atoms with Crippen LogP contribution in [-0.2, 0) is 16.6 Å². The van der Waals surface area contributed by atoms with E-state index in [-0.39, 0.29) is 11.4 Å². The van der Waals surface area contributed by atoms with Crippen LogP contribution in [0.3, 0.4) is 0 Å². The highest BCUT2D eigenvalue weighted by Crippen LogP contribution is 2.24. The Bertz CT molecular complexity index is 869. The molecule has 2 aromatic heterocycles. The standard InChI is InChI=1S/C15H12BrNO4S/c16-12-4-1-2-6-15(12)22(18,19)17-10-11-7-8-14(21-11)13-5-3-9-20-13/h1-9,17H,10H2. The Balaban J connectivity index is 1.74. The second kappa shape index (κ2) is 6.12. The first-order valence-corrected chi connectivity index (χ1v) is 8.71. The Morgan fingerprint density at radius 3 is 2.55 bits per heavy atom. The van der Waals surface area contributed by atoms with E-state index in [0.29, 0.717) is 21.8 Å². The number of hydrogen-bond acceptors (Lipinski definition) is 4. The number of rotatable bonds is 5. The quantitative estimate of drug-likeness (QED) is 0.729. The molecule has 0 saturated heterocycles. The minimum Gasteiger partial charge on any atom is -0.461 e. The van der Waals surface area contributed by atoms with Crippen LogP contribution in [0.2, 0.25) is 0 Å². The van der Waals surface area contributed by atoms with Crippen molar-refractivity contribution in [3.63, 3.8) is 0 Å². The van der Waals surface area contributed by atoms with E-state index in [4.69, 9.17) is 8.83 Å². The highest BCUT2D eigenvalue weighted by Gasteiger charge is 2.17. The molecule has 0 unspecified atom stereocenters. The number of halogens is 1. The number of furan rings is 2. The fraction of sp³-hybridized carbons (Fsp3) is 0.0667. The average Bonchev–Trinajstić information content (AvgIpc) is 3.17. The van der Waals surface area contributed by atoms with E-state index in [1.54, 1.807) is 48.7 Å². The Morgan fingerprint density at radius 1 is 1.00 bits per heavy atom. The van der Waals surface area contributed by atoms with E-state index >= 15 is 0 Å². The normalized spacial score (nSPS) is 11.7. The molecule has 0 aliphatic heterocycles. The molecule has 1 aromatic carbocycles. The van der Waals surface area contributed by atoms with Crippen molar-refractivity contribution < 1.29 is 17.3 Å². The van der Waals surface area contributed by atoms with Gasteiger partial charge in [-0.05, 0) is 52.3 Å². The Morgan fingerprint density at radius 2 is 1.82 bits per heavy atom. The molecule has 0 aliphatic carbocycles. The van der Waals surface area contributed by atoms with Gasteiger partial charge in [0.2, 0.25) is 10.0 Å². The summed E-state index contributed by atoms with van der Waals surface area (Å²) in [4.78, 5) is 0.188. The lowest BCUT2D eigenvalue weighted by molar-refractivity contribution is 0.485. The zero-order valence-electron chi connectivity index (χ0n) is 11.3. The van der Waals surface area contributed by atoms with Crippen molar-refractivity contribution in [2.75, 3.05) is 0 Å². The van der Waals surface area contributed by atoms with Crippen molar-refractivity contribution in [1.82, 2.24) is 4.72 Å². The highest BCUT2D eigenvalue weighted by atomic mass is 79.9. The smallest absolute Gasteiger partial charge is 0.242 e. The van der Waals surface area contributed by atoms with Gasteiger partial charge in [-0.1, -0.05) is 12.1 Å². The predicted molar refractivity (Wildman–Crippen MR) is 84.6 cm³/mol. The lowest BCUT2D eigenvalue weighted by Gasteiger charge is -2.07. The monoisotopic (exact) mass is 381 g/mol. The molecule has 0 saturated carbocycles. The van der Waals surface area contributed by atoms with Crippen molar-refractivity contribution in [2.45, 2.75) is 11.4 Å². The largest absolute Gasteiger partial charge is 0.461 e. The minimum absolute atomic E-state index is 0.0599. The van der Waals surface area contributed by atoms with Gasteiger partial charge in [-0.2, -0.15) is 0 Å². The molecule has 114 valence electrons. The molecule has 3 rings (SSSR count). The molecule has 0 aliphatic rings. The van der Waals surface area contributed by atoms with E-state index < -0.39 is 10.0 Å². The van der Waals surface area contributed by atoms with Crippen molar-refractivity contribution in [3.05, 3.63) is 65.0 Å². The number of benzene rings is 1. The van der Waals surface area contributed by atoms with E-state index in [0.717, 1.165) is 0 Å². The number of hydrogen-bond donors (Lipinski definition) is 1. The summed E-state index contributed by atoms with van der Waals surface area (Å²) in [6.07, 6.45) is 1.55. The average molecular weight is 382 g/mol. The molecule has 0 atom stereocenters. The van der Waals surface area contributed by atoms with Crippen LogP contribution in [-0.4, -0.2) is 8.42 Å². The zero-order valence-corrected chi connectivity index (χ0v) is 13.7. The molecule has 0 bridgehead atoms.